The third-order valence-electron chi connectivity index (χ3n) is 5.41. The molecule has 1 aromatic carbocycles. The van der Waals surface area contributed by atoms with Crippen molar-refractivity contribution in [3.63, 3.8) is 0 Å². The van der Waals surface area contributed by atoms with Gasteiger partial charge in [0.1, 0.15) is 5.82 Å². The molecule has 0 aromatic heterocycles. The number of ether oxygens (including phenoxy) is 1. The normalized spacial score (nSPS) is 21.5. The van der Waals surface area contributed by atoms with Crippen molar-refractivity contribution in [3.05, 3.63) is 35.6 Å². The number of benzene rings is 1. The van der Waals surface area contributed by atoms with Crippen molar-refractivity contribution in [2.75, 3.05) is 39.9 Å². The fourth-order valence-electron chi connectivity index (χ4n) is 3.94. The Bertz CT molecular complexity index is 626. The summed E-state index contributed by atoms with van der Waals surface area (Å²) in [5, 5.41) is 0. The predicted molar refractivity (Wildman–Crippen MR) is 96.0 cm³/mol. The van der Waals surface area contributed by atoms with Crippen molar-refractivity contribution < 1.29 is 18.7 Å². The highest BCUT2D eigenvalue weighted by molar-refractivity contribution is 5.79. The quantitative estimate of drug-likeness (QED) is 0.779. The number of carbonyl (C=O) groups is 2. The van der Waals surface area contributed by atoms with Gasteiger partial charge in [0, 0.05) is 45.6 Å². The molecule has 0 N–H and O–H groups in total. The molecule has 1 atom stereocenters. The highest BCUT2D eigenvalue weighted by atomic mass is 19.1. The summed E-state index contributed by atoms with van der Waals surface area (Å²) in [6.45, 7) is 3.68. The molecule has 142 valence electrons. The third kappa shape index (κ3) is 4.81. The Morgan fingerprint density at radius 1 is 1.19 bits per heavy atom. The highest BCUT2D eigenvalue weighted by Crippen LogP contribution is 2.24. The number of piperidine rings is 1. The van der Waals surface area contributed by atoms with E-state index in [0.29, 0.717) is 31.3 Å². The van der Waals surface area contributed by atoms with Gasteiger partial charge in [-0.2, -0.15) is 0 Å². The molecule has 2 heterocycles. The van der Waals surface area contributed by atoms with Crippen LogP contribution in [0, 0.1) is 17.7 Å². The van der Waals surface area contributed by atoms with E-state index in [0.717, 1.165) is 44.6 Å². The fraction of sp³-hybridized carbons (Fsp3) is 0.600. The molecular weight excluding hydrogens is 335 g/mol. The first-order chi connectivity index (χ1) is 12.5. The third-order valence-corrected chi connectivity index (χ3v) is 5.41. The lowest BCUT2D eigenvalue weighted by molar-refractivity contribution is -0.133. The minimum atomic E-state index is -0.286. The predicted octanol–water partition coefficient (Wildman–Crippen LogP) is 2.10. The Balaban J connectivity index is 1.43. The minimum absolute atomic E-state index is 0.0902. The first-order valence-electron chi connectivity index (χ1n) is 9.34. The first-order valence-corrected chi connectivity index (χ1v) is 9.34. The summed E-state index contributed by atoms with van der Waals surface area (Å²) >= 11 is 0. The Hall–Kier alpha value is -1.95. The van der Waals surface area contributed by atoms with E-state index in [-0.39, 0.29) is 17.6 Å². The number of hydrogen-bond acceptors (Lipinski definition) is 3. The van der Waals surface area contributed by atoms with Gasteiger partial charge in [-0.1, -0.05) is 12.1 Å². The topological polar surface area (TPSA) is 49.9 Å². The van der Waals surface area contributed by atoms with Crippen LogP contribution in [0.1, 0.15) is 24.8 Å². The second kappa shape index (κ2) is 8.62. The maximum absolute atomic E-state index is 13.0. The van der Waals surface area contributed by atoms with Crippen LogP contribution < -0.4 is 0 Å². The molecule has 0 spiro atoms. The molecule has 1 unspecified atom stereocenters. The summed E-state index contributed by atoms with van der Waals surface area (Å²) in [5.41, 5.74) is 0.838. The summed E-state index contributed by atoms with van der Waals surface area (Å²) in [5.74, 6) is 0.792. The summed E-state index contributed by atoms with van der Waals surface area (Å²) in [6, 6.07) is 6.10. The molecule has 6 heteroatoms. The molecule has 2 amide bonds. The molecule has 3 rings (SSSR count). The summed E-state index contributed by atoms with van der Waals surface area (Å²) in [4.78, 5) is 28.4. The van der Waals surface area contributed by atoms with Crippen molar-refractivity contribution in [1.82, 2.24) is 9.80 Å². The lowest BCUT2D eigenvalue weighted by Crippen LogP contribution is -2.42. The number of amides is 2. The molecule has 26 heavy (non-hydrogen) atoms. The number of likely N-dealkylation sites (tertiary alicyclic amines) is 2. The zero-order valence-corrected chi connectivity index (χ0v) is 15.3. The van der Waals surface area contributed by atoms with Crippen LogP contribution in [0.5, 0.6) is 0 Å². The lowest BCUT2D eigenvalue weighted by atomic mass is 9.95. The van der Waals surface area contributed by atoms with Crippen molar-refractivity contribution in [2.45, 2.75) is 25.7 Å². The Morgan fingerprint density at radius 2 is 1.88 bits per heavy atom. The van der Waals surface area contributed by atoms with E-state index < -0.39 is 0 Å². The molecule has 0 bridgehead atoms. The molecule has 2 aliphatic heterocycles. The van der Waals surface area contributed by atoms with Crippen molar-refractivity contribution >= 4 is 11.8 Å². The van der Waals surface area contributed by atoms with Crippen LogP contribution >= 0.6 is 0 Å². The van der Waals surface area contributed by atoms with Crippen LogP contribution in [0.25, 0.3) is 0 Å². The standard InChI is InChI=1S/C20H27FN2O3/c1-26-14-17-11-20(25)23(13-17)12-16-6-8-22(9-7-16)19(24)10-15-2-4-18(21)5-3-15/h2-5,16-17H,6-14H2,1H3. The van der Waals surface area contributed by atoms with Crippen LogP contribution in [0.2, 0.25) is 0 Å². The zero-order valence-electron chi connectivity index (χ0n) is 15.3. The van der Waals surface area contributed by atoms with E-state index in [2.05, 4.69) is 0 Å². The monoisotopic (exact) mass is 362 g/mol. The van der Waals surface area contributed by atoms with Gasteiger partial charge in [-0.15, -0.1) is 0 Å². The van der Waals surface area contributed by atoms with Gasteiger partial charge in [0.05, 0.1) is 13.0 Å². The zero-order chi connectivity index (χ0) is 18.5. The van der Waals surface area contributed by atoms with Crippen molar-refractivity contribution in [2.24, 2.45) is 11.8 Å². The van der Waals surface area contributed by atoms with Crippen LogP contribution in [0.15, 0.2) is 24.3 Å². The Kier molecular flexibility index (Phi) is 6.25. The van der Waals surface area contributed by atoms with Gasteiger partial charge >= 0.3 is 0 Å². The number of carbonyl (C=O) groups excluding carboxylic acids is 2. The van der Waals surface area contributed by atoms with Crippen LogP contribution in [0.3, 0.4) is 0 Å². The second-order valence-corrected chi connectivity index (χ2v) is 7.45. The fourth-order valence-corrected chi connectivity index (χ4v) is 3.94. The highest BCUT2D eigenvalue weighted by Gasteiger charge is 2.32. The average Bonchev–Trinajstić information content (AvgIpc) is 2.97. The minimum Gasteiger partial charge on any atom is -0.384 e. The Labute approximate surface area is 154 Å². The molecule has 1 aromatic rings. The smallest absolute Gasteiger partial charge is 0.226 e. The lowest BCUT2D eigenvalue weighted by Gasteiger charge is -2.34. The van der Waals surface area contributed by atoms with E-state index in [9.17, 15) is 14.0 Å². The van der Waals surface area contributed by atoms with Gasteiger partial charge in [-0.3, -0.25) is 9.59 Å². The summed E-state index contributed by atoms with van der Waals surface area (Å²) in [6.07, 6.45) is 2.75. The van der Waals surface area contributed by atoms with E-state index in [4.69, 9.17) is 4.74 Å². The van der Waals surface area contributed by atoms with E-state index in [1.165, 1.54) is 12.1 Å². The van der Waals surface area contributed by atoms with Crippen molar-refractivity contribution in [3.8, 4) is 0 Å². The molecule has 0 saturated carbocycles. The van der Waals surface area contributed by atoms with Crippen LogP contribution in [-0.4, -0.2) is 61.5 Å². The number of nitrogens with zero attached hydrogens (tertiary/aromatic N) is 2. The van der Waals surface area contributed by atoms with Gasteiger partial charge in [0.25, 0.3) is 0 Å². The number of methoxy groups -OCH3 is 1. The maximum atomic E-state index is 13.0. The van der Waals surface area contributed by atoms with Gasteiger partial charge in [0.15, 0.2) is 0 Å². The summed E-state index contributed by atoms with van der Waals surface area (Å²) < 4.78 is 18.1. The molecule has 2 saturated heterocycles. The average molecular weight is 362 g/mol. The van der Waals surface area contributed by atoms with Crippen LogP contribution in [0.4, 0.5) is 4.39 Å². The molecule has 2 fully saturated rings. The number of halogens is 1. The SMILES string of the molecule is COCC1CC(=O)N(CC2CCN(C(=O)Cc3ccc(F)cc3)CC2)C1. The second-order valence-electron chi connectivity index (χ2n) is 7.45. The van der Waals surface area contributed by atoms with Gasteiger partial charge in [-0.25, -0.2) is 4.39 Å². The molecule has 5 nitrogen and oxygen atoms in total. The van der Waals surface area contributed by atoms with Crippen LogP contribution in [-0.2, 0) is 20.7 Å². The molecule has 0 aliphatic carbocycles. The van der Waals surface area contributed by atoms with E-state index >= 15 is 0 Å². The molecular formula is C20H27FN2O3. The molecule has 0 radical (unpaired) electrons. The summed E-state index contributed by atoms with van der Waals surface area (Å²) in [7, 11) is 1.67. The van der Waals surface area contributed by atoms with Gasteiger partial charge < -0.3 is 14.5 Å². The van der Waals surface area contributed by atoms with E-state index in [1.54, 1.807) is 19.2 Å². The van der Waals surface area contributed by atoms with Gasteiger partial charge in [-0.05, 0) is 36.5 Å². The Morgan fingerprint density at radius 3 is 2.54 bits per heavy atom. The van der Waals surface area contributed by atoms with E-state index in [1.807, 2.05) is 9.80 Å². The molecule has 2 aliphatic rings. The van der Waals surface area contributed by atoms with Crippen molar-refractivity contribution in [1.29, 1.82) is 0 Å². The number of hydrogen-bond donors (Lipinski definition) is 0. The van der Waals surface area contributed by atoms with Gasteiger partial charge in [0.2, 0.25) is 11.8 Å². The largest absolute Gasteiger partial charge is 0.384 e. The first kappa shape index (κ1) is 18.8. The number of rotatable bonds is 6. The maximum Gasteiger partial charge on any atom is 0.226 e.